The molecule has 0 aliphatic carbocycles. The molecule has 0 bridgehead atoms. The Bertz CT molecular complexity index is 93.1. The van der Waals surface area contributed by atoms with Crippen LogP contribution in [0.4, 0.5) is 4.79 Å². The second-order valence-electron chi connectivity index (χ2n) is 1.89. The second-order valence-corrected chi connectivity index (χ2v) is 1.89. The minimum Gasteiger partial charge on any atom is -0.446 e. The van der Waals surface area contributed by atoms with Gasteiger partial charge in [-0.25, -0.2) is 4.79 Å². The van der Waals surface area contributed by atoms with Gasteiger partial charge in [0.15, 0.2) is 0 Å². The lowest BCUT2D eigenvalue weighted by Gasteiger charge is -2.08. The fraction of sp³-hybridized carbons (Fsp3) is 0.667. The van der Waals surface area contributed by atoms with E-state index in [1.165, 1.54) is 0 Å². The van der Waals surface area contributed by atoms with Crippen molar-refractivity contribution in [3.8, 4) is 0 Å². The molecule has 1 atom stereocenters. The normalized spacial score (nSPS) is 12.3. The fourth-order valence-electron chi connectivity index (χ4n) is 0.345. The van der Waals surface area contributed by atoms with E-state index in [1.807, 2.05) is 13.8 Å². The van der Waals surface area contributed by atoms with Crippen molar-refractivity contribution < 1.29 is 9.53 Å². The summed E-state index contributed by atoms with van der Waals surface area (Å²) >= 11 is 0. The molecule has 0 fully saturated rings. The molecule has 3 heteroatoms. The van der Waals surface area contributed by atoms with Crippen LogP contribution in [0.1, 0.15) is 20.3 Å². The number of ether oxygens (including phenoxy) is 1. The van der Waals surface area contributed by atoms with Gasteiger partial charge >= 0.3 is 6.09 Å². The Kier molecular flexibility index (Phi) is 3.84. The fourth-order valence-corrected chi connectivity index (χ4v) is 0.345. The van der Waals surface area contributed by atoms with Gasteiger partial charge in [0.25, 0.3) is 0 Å². The Balaban J connectivity index is 3.34. The van der Waals surface area contributed by atoms with Crippen molar-refractivity contribution >= 4 is 6.09 Å². The first-order valence-electron chi connectivity index (χ1n) is 2.93. The Labute approximate surface area is 55.4 Å². The molecule has 0 saturated carbocycles. The van der Waals surface area contributed by atoms with Gasteiger partial charge in [-0.3, -0.25) is 0 Å². The molecule has 1 unspecified atom stereocenters. The third-order valence-corrected chi connectivity index (χ3v) is 1.11. The van der Waals surface area contributed by atoms with Gasteiger partial charge in [0.2, 0.25) is 0 Å². The van der Waals surface area contributed by atoms with Crippen LogP contribution in [0.2, 0.25) is 0 Å². The number of rotatable bonds is 2. The van der Waals surface area contributed by atoms with Crippen LogP contribution >= 0.6 is 0 Å². The Hall–Kier alpha value is -0.730. The maximum Gasteiger partial charge on any atom is 0.407 e. The topological polar surface area (TPSA) is 38.3 Å². The van der Waals surface area contributed by atoms with Gasteiger partial charge in [-0.15, -0.1) is 0 Å². The lowest BCUT2D eigenvalue weighted by molar-refractivity contribution is 0.179. The van der Waals surface area contributed by atoms with Crippen molar-refractivity contribution in [1.82, 2.24) is 5.32 Å². The smallest absolute Gasteiger partial charge is 0.407 e. The summed E-state index contributed by atoms with van der Waals surface area (Å²) in [5, 5.41) is 2.56. The minimum absolute atomic E-state index is 0.166. The predicted molar refractivity (Wildman–Crippen MR) is 34.7 cm³/mol. The highest BCUT2D eigenvalue weighted by molar-refractivity contribution is 5.67. The largest absolute Gasteiger partial charge is 0.446 e. The van der Waals surface area contributed by atoms with E-state index in [0.717, 1.165) is 6.42 Å². The number of alkyl carbamates (subject to hydrolysis) is 1. The van der Waals surface area contributed by atoms with Crippen LogP contribution in [0.25, 0.3) is 0 Å². The SMILES string of the molecule is [CH2]OC(=O)NC(C)CC. The molecule has 0 rings (SSSR count). The summed E-state index contributed by atoms with van der Waals surface area (Å²) in [4.78, 5) is 10.4. The summed E-state index contributed by atoms with van der Waals surface area (Å²) in [6.45, 7) is 3.88. The lowest BCUT2D eigenvalue weighted by Crippen LogP contribution is -2.31. The van der Waals surface area contributed by atoms with E-state index >= 15 is 0 Å². The van der Waals surface area contributed by atoms with Crippen molar-refractivity contribution in [1.29, 1.82) is 0 Å². The average Bonchev–Trinajstić information content (AvgIpc) is 1.87. The van der Waals surface area contributed by atoms with Gasteiger partial charge in [0.1, 0.15) is 7.11 Å². The number of amides is 1. The maximum absolute atomic E-state index is 10.4. The Morgan fingerprint density at radius 3 is 2.78 bits per heavy atom. The summed E-state index contributed by atoms with van der Waals surface area (Å²) in [5.41, 5.74) is 0. The molecule has 0 aromatic carbocycles. The van der Waals surface area contributed by atoms with E-state index in [-0.39, 0.29) is 6.04 Å². The van der Waals surface area contributed by atoms with Crippen molar-refractivity contribution in [3.05, 3.63) is 7.11 Å². The summed E-state index contributed by atoms with van der Waals surface area (Å²) in [6, 6.07) is 0.166. The third-order valence-electron chi connectivity index (χ3n) is 1.11. The van der Waals surface area contributed by atoms with Crippen molar-refractivity contribution in [2.75, 3.05) is 0 Å². The molecule has 53 valence electrons. The molecular formula is C6H12NO2. The van der Waals surface area contributed by atoms with Crippen molar-refractivity contribution in [2.45, 2.75) is 26.3 Å². The first-order chi connectivity index (χ1) is 4.20. The number of hydrogen-bond acceptors (Lipinski definition) is 2. The van der Waals surface area contributed by atoms with E-state index in [1.54, 1.807) is 0 Å². The molecule has 0 saturated heterocycles. The quantitative estimate of drug-likeness (QED) is 0.611. The molecule has 0 aliphatic rings. The highest BCUT2D eigenvalue weighted by Crippen LogP contribution is 1.87. The molecule has 0 aromatic rings. The highest BCUT2D eigenvalue weighted by Gasteiger charge is 2.02. The number of carbonyl (C=O) groups excluding carboxylic acids is 1. The summed E-state index contributed by atoms with van der Waals surface area (Å²) < 4.78 is 4.12. The zero-order valence-electron chi connectivity index (χ0n) is 5.81. The van der Waals surface area contributed by atoms with Crippen LogP contribution in [0, 0.1) is 7.11 Å². The van der Waals surface area contributed by atoms with E-state index in [0.29, 0.717) is 0 Å². The molecule has 1 radical (unpaired) electrons. The van der Waals surface area contributed by atoms with E-state index in [2.05, 4.69) is 17.2 Å². The molecule has 9 heavy (non-hydrogen) atoms. The predicted octanol–water partition coefficient (Wildman–Crippen LogP) is 1.30. The molecule has 0 spiro atoms. The van der Waals surface area contributed by atoms with Crippen LogP contribution < -0.4 is 5.32 Å². The van der Waals surface area contributed by atoms with Crippen LogP contribution in [0.3, 0.4) is 0 Å². The Morgan fingerprint density at radius 1 is 1.89 bits per heavy atom. The summed E-state index contributed by atoms with van der Waals surface area (Å²) in [5.74, 6) is 0. The monoisotopic (exact) mass is 130 g/mol. The van der Waals surface area contributed by atoms with Crippen LogP contribution in [-0.4, -0.2) is 12.1 Å². The van der Waals surface area contributed by atoms with Gasteiger partial charge in [0, 0.05) is 6.04 Å². The van der Waals surface area contributed by atoms with Crippen LogP contribution in [-0.2, 0) is 4.74 Å². The van der Waals surface area contributed by atoms with Gasteiger partial charge in [-0.05, 0) is 13.3 Å². The molecule has 3 nitrogen and oxygen atoms in total. The standard InChI is InChI=1S/C6H12NO2/c1-4-5(2)7-6(8)9-3/h5H,3-4H2,1-2H3,(H,7,8). The first-order valence-corrected chi connectivity index (χ1v) is 2.93. The summed E-state index contributed by atoms with van der Waals surface area (Å²) in [6.07, 6.45) is 0.430. The zero-order chi connectivity index (χ0) is 7.28. The zero-order valence-corrected chi connectivity index (χ0v) is 5.81. The molecule has 1 N–H and O–H groups in total. The van der Waals surface area contributed by atoms with Crippen molar-refractivity contribution in [2.24, 2.45) is 0 Å². The number of nitrogens with one attached hydrogen (secondary N) is 1. The van der Waals surface area contributed by atoms with E-state index in [9.17, 15) is 4.79 Å². The van der Waals surface area contributed by atoms with Gasteiger partial charge in [-0.2, -0.15) is 0 Å². The molecule has 1 amide bonds. The van der Waals surface area contributed by atoms with Gasteiger partial charge < -0.3 is 10.1 Å². The minimum atomic E-state index is -0.468. The molecular weight excluding hydrogens is 118 g/mol. The second kappa shape index (κ2) is 4.18. The molecule has 0 aromatic heterocycles. The number of hydrogen-bond donors (Lipinski definition) is 1. The lowest BCUT2D eigenvalue weighted by atomic mass is 10.3. The molecule has 0 heterocycles. The van der Waals surface area contributed by atoms with E-state index in [4.69, 9.17) is 0 Å². The van der Waals surface area contributed by atoms with Crippen LogP contribution in [0.5, 0.6) is 0 Å². The first kappa shape index (κ1) is 8.27. The van der Waals surface area contributed by atoms with E-state index < -0.39 is 6.09 Å². The van der Waals surface area contributed by atoms with Gasteiger partial charge in [0.05, 0.1) is 0 Å². The third kappa shape index (κ3) is 3.82. The number of carbonyl (C=O) groups is 1. The average molecular weight is 130 g/mol. The maximum atomic E-state index is 10.4. The molecule has 0 aliphatic heterocycles. The van der Waals surface area contributed by atoms with Crippen LogP contribution in [0.15, 0.2) is 0 Å². The summed E-state index contributed by atoms with van der Waals surface area (Å²) in [7, 11) is 2.96. The highest BCUT2D eigenvalue weighted by atomic mass is 16.5. The van der Waals surface area contributed by atoms with Crippen molar-refractivity contribution in [3.63, 3.8) is 0 Å². The Morgan fingerprint density at radius 2 is 2.44 bits per heavy atom. The van der Waals surface area contributed by atoms with Gasteiger partial charge in [-0.1, -0.05) is 6.92 Å².